The monoisotopic (exact) mass is 381 g/mol. The van der Waals surface area contributed by atoms with Crippen molar-refractivity contribution in [2.24, 2.45) is 0 Å². The van der Waals surface area contributed by atoms with Crippen molar-refractivity contribution in [3.05, 3.63) is 34.7 Å². The van der Waals surface area contributed by atoms with Crippen molar-refractivity contribution in [2.75, 3.05) is 7.11 Å². The average Bonchev–Trinajstić information content (AvgIpc) is 2.82. The van der Waals surface area contributed by atoms with Crippen LogP contribution in [0.4, 0.5) is 0 Å². The highest BCUT2D eigenvalue weighted by Gasteiger charge is 2.40. The van der Waals surface area contributed by atoms with Crippen molar-refractivity contribution in [3.8, 4) is 5.75 Å². The van der Waals surface area contributed by atoms with Gasteiger partial charge in [-0.25, -0.2) is 4.79 Å². The van der Waals surface area contributed by atoms with E-state index in [9.17, 15) is 19.5 Å². The molecule has 1 aromatic rings. The van der Waals surface area contributed by atoms with E-state index in [1.165, 1.54) is 7.11 Å². The first-order valence-electron chi connectivity index (χ1n) is 7.19. The fourth-order valence-corrected chi connectivity index (χ4v) is 3.61. The molecule has 1 aromatic carbocycles. The minimum absolute atomic E-state index is 0.0944. The number of ether oxygens (including phenoxy) is 1. The predicted octanol–water partition coefficient (Wildman–Crippen LogP) is 2.21. The zero-order chi connectivity index (χ0) is 18.6. The van der Waals surface area contributed by atoms with Crippen LogP contribution in [0.1, 0.15) is 18.4 Å². The smallest absolute Gasteiger partial charge is 0.326 e. The SMILES string of the molecule is COc1cccc(/C=C2\SC(=S)N([C@@H](CCC(=O)O)C(=O)O)C2=O)c1. The van der Waals surface area contributed by atoms with E-state index >= 15 is 0 Å². The summed E-state index contributed by atoms with van der Waals surface area (Å²) in [4.78, 5) is 36.0. The number of methoxy groups -OCH3 is 1. The van der Waals surface area contributed by atoms with Crippen LogP contribution in [0, 0.1) is 0 Å². The van der Waals surface area contributed by atoms with Gasteiger partial charge in [-0.3, -0.25) is 14.5 Å². The largest absolute Gasteiger partial charge is 0.497 e. The highest BCUT2D eigenvalue weighted by molar-refractivity contribution is 8.26. The van der Waals surface area contributed by atoms with Gasteiger partial charge < -0.3 is 14.9 Å². The molecule has 1 saturated heterocycles. The van der Waals surface area contributed by atoms with Gasteiger partial charge in [-0.05, 0) is 30.2 Å². The standard InChI is InChI=1S/C16H15NO6S2/c1-23-10-4-2-3-9(7-10)8-12-14(20)17(16(24)25-12)11(15(21)22)5-6-13(18)19/h2-4,7-8,11H,5-6H2,1H3,(H,18,19)(H,21,22)/b12-8-/t11-/m0/s1. The molecule has 1 aliphatic heterocycles. The molecule has 132 valence electrons. The number of thioether (sulfide) groups is 1. The third-order valence-corrected chi connectivity index (χ3v) is 4.77. The van der Waals surface area contributed by atoms with E-state index in [-0.39, 0.29) is 22.1 Å². The first-order valence-corrected chi connectivity index (χ1v) is 8.41. The molecular formula is C16H15NO6S2. The summed E-state index contributed by atoms with van der Waals surface area (Å²) in [6.07, 6.45) is 1.00. The van der Waals surface area contributed by atoms with Gasteiger partial charge in [0, 0.05) is 6.42 Å². The molecule has 0 unspecified atom stereocenters. The van der Waals surface area contributed by atoms with Crippen LogP contribution >= 0.6 is 24.0 Å². The van der Waals surface area contributed by atoms with Gasteiger partial charge in [-0.2, -0.15) is 0 Å². The topological polar surface area (TPSA) is 104 Å². The van der Waals surface area contributed by atoms with Gasteiger partial charge in [0.1, 0.15) is 16.1 Å². The van der Waals surface area contributed by atoms with Crippen molar-refractivity contribution < 1.29 is 29.3 Å². The molecule has 25 heavy (non-hydrogen) atoms. The second-order valence-corrected chi connectivity index (χ2v) is 6.79. The lowest BCUT2D eigenvalue weighted by Crippen LogP contribution is -2.44. The first-order chi connectivity index (χ1) is 11.8. The van der Waals surface area contributed by atoms with Gasteiger partial charge in [0.05, 0.1) is 12.0 Å². The zero-order valence-corrected chi connectivity index (χ0v) is 14.8. The number of carbonyl (C=O) groups is 3. The average molecular weight is 381 g/mol. The molecule has 7 nitrogen and oxygen atoms in total. The summed E-state index contributed by atoms with van der Waals surface area (Å²) >= 11 is 6.11. The number of carboxylic acid groups (broad SMARTS) is 2. The van der Waals surface area contributed by atoms with Crippen LogP contribution in [-0.2, 0) is 14.4 Å². The molecule has 0 spiro atoms. The molecule has 2 N–H and O–H groups in total. The first kappa shape index (κ1) is 18.9. The number of benzene rings is 1. The van der Waals surface area contributed by atoms with Crippen LogP contribution in [0.3, 0.4) is 0 Å². The maximum Gasteiger partial charge on any atom is 0.326 e. The van der Waals surface area contributed by atoms with Crippen molar-refractivity contribution >= 4 is 52.2 Å². The Kier molecular flexibility index (Phi) is 6.16. The van der Waals surface area contributed by atoms with Crippen molar-refractivity contribution in [2.45, 2.75) is 18.9 Å². The van der Waals surface area contributed by atoms with E-state index in [2.05, 4.69) is 0 Å². The van der Waals surface area contributed by atoms with E-state index in [0.717, 1.165) is 16.7 Å². The van der Waals surface area contributed by atoms with E-state index < -0.39 is 23.9 Å². The van der Waals surface area contributed by atoms with Gasteiger partial charge in [0.15, 0.2) is 0 Å². The second kappa shape index (κ2) is 8.13. The van der Waals surface area contributed by atoms with Crippen LogP contribution in [0.2, 0.25) is 0 Å². The number of rotatable bonds is 7. The number of carbonyl (C=O) groups excluding carboxylic acids is 1. The lowest BCUT2D eigenvalue weighted by atomic mass is 10.1. The molecule has 0 aliphatic carbocycles. The van der Waals surface area contributed by atoms with E-state index in [1.54, 1.807) is 30.3 Å². The van der Waals surface area contributed by atoms with Crippen LogP contribution < -0.4 is 4.74 Å². The molecule has 0 aromatic heterocycles. The molecule has 1 fully saturated rings. The van der Waals surface area contributed by atoms with Crippen molar-refractivity contribution in [1.29, 1.82) is 0 Å². The van der Waals surface area contributed by atoms with Gasteiger partial charge in [0.25, 0.3) is 5.91 Å². The molecule has 9 heteroatoms. The van der Waals surface area contributed by atoms with E-state index in [1.807, 2.05) is 0 Å². The Morgan fingerprint density at radius 3 is 2.72 bits per heavy atom. The molecule has 1 amide bonds. The molecule has 0 saturated carbocycles. The maximum atomic E-state index is 12.6. The fraction of sp³-hybridized carbons (Fsp3) is 0.250. The molecule has 0 radical (unpaired) electrons. The lowest BCUT2D eigenvalue weighted by Gasteiger charge is -2.22. The number of hydrogen-bond acceptors (Lipinski definition) is 6. The molecule has 0 bridgehead atoms. The highest BCUT2D eigenvalue weighted by atomic mass is 32.2. The Morgan fingerprint density at radius 2 is 2.12 bits per heavy atom. The number of aliphatic carboxylic acids is 2. The summed E-state index contributed by atoms with van der Waals surface area (Å²) in [5.74, 6) is -2.35. The number of carboxylic acids is 2. The summed E-state index contributed by atoms with van der Waals surface area (Å²) in [6.45, 7) is 0. The molecule has 2 rings (SSSR count). The van der Waals surface area contributed by atoms with Crippen LogP contribution in [-0.4, -0.2) is 50.4 Å². The summed E-state index contributed by atoms with van der Waals surface area (Å²) < 4.78 is 5.22. The maximum absolute atomic E-state index is 12.6. The van der Waals surface area contributed by atoms with Crippen molar-refractivity contribution in [1.82, 2.24) is 4.90 Å². The van der Waals surface area contributed by atoms with Crippen LogP contribution in [0.15, 0.2) is 29.2 Å². The van der Waals surface area contributed by atoms with Crippen LogP contribution in [0.5, 0.6) is 5.75 Å². The zero-order valence-electron chi connectivity index (χ0n) is 13.2. The predicted molar refractivity (Wildman–Crippen MR) is 96.3 cm³/mol. The molecular weight excluding hydrogens is 366 g/mol. The van der Waals surface area contributed by atoms with E-state index in [0.29, 0.717) is 11.3 Å². The third-order valence-electron chi connectivity index (χ3n) is 3.44. The normalized spacial score (nSPS) is 17.0. The second-order valence-electron chi connectivity index (χ2n) is 5.11. The summed E-state index contributed by atoms with van der Waals surface area (Å²) in [5.41, 5.74) is 0.706. The molecule has 1 atom stereocenters. The quantitative estimate of drug-likeness (QED) is 0.547. The highest BCUT2D eigenvalue weighted by Crippen LogP contribution is 2.35. The van der Waals surface area contributed by atoms with Crippen molar-refractivity contribution in [3.63, 3.8) is 0 Å². The Hall–Kier alpha value is -2.39. The van der Waals surface area contributed by atoms with Crippen LogP contribution in [0.25, 0.3) is 6.08 Å². The number of amides is 1. The van der Waals surface area contributed by atoms with E-state index in [4.69, 9.17) is 22.1 Å². The van der Waals surface area contributed by atoms with Gasteiger partial charge in [-0.1, -0.05) is 36.1 Å². The molecule has 1 heterocycles. The minimum atomic E-state index is -1.31. The van der Waals surface area contributed by atoms with Gasteiger partial charge in [-0.15, -0.1) is 0 Å². The minimum Gasteiger partial charge on any atom is -0.497 e. The Morgan fingerprint density at radius 1 is 1.40 bits per heavy atom. The fourth-order valence-electron chi connectivity index (χ4n) is 2.25. The number of hydrogen-bond donors (Lipinski definition) is 2. The third kappa shape index (κ3) is 4.58. The van der Waals surface area contributed by atoms with Gasteiger partial charge in [0.2, 0.25) is 0 Å². The Bertz CT molecular complexity index is 761. The Balaban J connectivity index is 2.26. The summed E-state index contributed by atoms with van der Waals surface area (Å²) in [7, 11) is 1.53. The lowest BCUT2D eigenvalue weighted by molar-refractivity contribution is -0.146. The number of thiocarbonyl (C=S) groups is 1. The number of nitrogens with zero attached hydrogens (tertiary/aromatic N) is 1. The summed E-state index contributed by atoms with van der Waals surface area (Å²) in [5, 5.41) is 18.1. The Labute approximate surface area is 153 Å². The molecule has 1 aliphatic rings. The van der Waals surface area contributed by atoms with Gasteiger partial charge >= 0.3 is 11.9 Å². The summed E-state index contributed by atoms with van der Waals surface area (Å²) in [6, 6.07) is 5.72.